The van der Waals surface area contributed by atoms with Crippen LogP contribution in [0.15, 0.2) is 30.3 Å². The molecule has 0 aliphatic carbocycles. The zero-order chi connectivity index (χ0) is 19.9. The molecule has 0 spiro atoms. The minimum atomic E-state index is -0.295. The fourth-order valence-corrected chi connectivity index (χ4v) is 4.28. The predicted octanol–water partition coefficient (Wildman–Crippen LogP) is 3.10. The van der Waals surface area contributed by atoms with E-state index in [4.69, 9.17) is 9.47 Å². The van der Waals surface area contributed by atoms with E-state index in [1.165, 1.54) is 0 Å². The number of amides is 1. The molecule has 1 aromatic rings. The van der Waals surface area contributed by atoms with Gasteiger partial charge in [-0.1, -0.05) is 44.2 Å². The summed E-state index contributed by atoms with van der Waals surface area (Å²) in [6, 6.07) is 9.55. The highest BCUT2D eigenvalue weighted by Gasteiger charge is 2.44. The minimum Gasteiger partial charge on any atom is -0.445 e. The van der Waals surface area contributed by atoms with Gasteiger partial charge in [-0.25, -0.2) is 4.79 Å². The Balaban J connectivity index is 1.55. The van der Waals surface area contributed by atoms with Crippen molar-refractivity contribution in [2.24, 2.45) is 5.92 Å². The fraction of sp³-hybridized carbons (Fsp3) is 0.636. The van der Waals surface area contributed by atoms with Crippen LogP contribution in [-0.2, 0) is 20.9 Å². The molecule has 0 aromatic heterocycles. The van der Waals surface area contributed by atoms with Crippen molar-refractivity contribution in [2.75, 3.05) is 32.8 Å². The molecule has 2 fully saturated rings. The van der Waals surface area contributed by atoms with Crippen molar-refractivity contribution in [3.8, 4) is 0 Å². The van der Waals surface area contributed by atoms with Gasteiger partial charge in [0.05, 0.1) is 25.3 Å². The number of hydrogen-bond donors (Lipinski definition) is 0. The molecule has 2 aliphatic rings. The largest absolute Gasteiger partial charge is 0.445 e. The van der Waals surface area contributed by atoms with E-state index in [1.807, 2.05) is 35.2 Å². The molecule has 6 nitrogen and oxygen atoms in total. The maximum atomic E-state index is 12.8. The van der Waals surface area contributed by atoms with Crippen molar-refractivity contribution < 1.29 is 19.1 Å². The molecule has 154 valence electrons. The molecule has 0 saturated carbocycles. The number of ketones is 1. The number of ether oxygens (including phenoxy) is 2. The average Bonchev–Trinajstić information content (AvgIpc) is 2.72. The molecule has 2 saturated heterocycles. The van der Waals surface area contributed by atoms with Gasteiger partial charge in [0, 0.05) is 18.9 Å². The predicted molar refractivity (Wildman–Crippen MR) is 107 cm³/mol. The first-order chi connectivity index (χ1) is 13.6. The number of piperidine rings is 1. The summed E-state index contributed by atoms with van der Waals surface area (Å²) in [5.74, 6) is 0.341. The number of carbonyl (C=O) groups excluding carboxylic acids is 2. The summed E-state index contributed by atoms with van der Waals surface area (Å²) in [4.78, 5) is 29.6. The Labute approximate surface area is 167 Å². The highest BCUT2D eigenvalue weighted by atomic mass is 16.6. The van der Waals surface area contributed by atoms with Crippen molar-refractivity contribution in [1.82, 2.24) is 9.80 Å². The first kappa shape index (κ1) is 20.8. The van der Waals surface area contributed by atoms with Crippen molar-refractivity contribution in [2.45, 2.75) is 51.8 Å². The topological polar surface area (TPSA) is 59.1 Å². The summed E-state index contributed by atoms with van der Waals surface area (Å²) in [6.45, 7) is 8.22. The van der Waals surface area contributed by atoms with Gasteiger partial charge in [-0.3, -0.25) is 9.69 Å². The second kappa shape index (κ2) is 10.0. The molecular formula is C22H32N2O4. The highest BCUT2D eigenvalue weighted by molar-refractivity contribution is 5.82. The van der Waals surface area contributed by atoms with Gasteiger partial charge < -0.3 is 14.4 Å². The molecule has 1 aromatic carbocycles. The van der Waals surface area contributed by atoms with Crippen LogP contribution >= 0.6 is 0 Å². The second-order valence-corrected chi connectivity index (χ2v) is 7.70. The molecule has 0 N–H and O–H groups in total. The number of benzene rings is 1. The van der Waals surface area contributed by atoms with Crippen LogP contribution < -0.4 is 0 Å². The molecule has 1 amide bonds. The standard InChI is InChI=1S/C22H32N2O4/c1-3-23(4-2)11-10-21(25)18-12-19-15-27-16-20(13-18)24(19)22(26)28-14-17-8-6-5-7-9-17/h5-9,18-20H,3-4,10-16H2,1-2H3. The Morgan fingerprint density at radius 1 is 1.11 bits per heavy atom. The number of carbonyl (C=O) groups is 2. The smallest absolute Gasteiger partial charge is 0.410 e. The molecular weight excluding hydrogens is 356 g/mol. The van der Waals surface area contributed by atoms with Gasteiger partial charge in [0.1, 0.15) is 12.4 Å². The third-order valence-corrected chi connectivity index (χ3v) is 5.96. The Morgan fingerprint density at radius 2 is 1.75 bits per heavy atom. The van der Waals surface area contributed by atoms with Crippen LogP contribution in [0.2, 0.25) is 0 Å². The van der Waals surface area contributed by atoms with Crippen molar-refractivity contribution in [3.05, 3.63) is 35.9 Å². The van der Waals surface area contributed by atoms with Crippen LogP contribution in [0.1, 0.15) is 38.7 Å². The lowest BCUT2D eigenvalue weighted by atomic mass is 9.82. The van der Waals surface area contributed by atoms with Crippen molar-refractivity contribution in [1.29, 1.82) is 0 Å². The minimum absolute atomic E-state index is 0.0210. The Morgan fingerprint density at radius 3 is 2.36 bits per heavy atom. The SMILES string of the molecule is CCN(CC)CCC(=O)C1CC2COCC(C1)N2C(=O)OCc1ccccc1. The van der Waals surface area contributed by atoms with E-state index in [0.29, 0.717) is 38.3 Å². The van der Waals surface area contributed by atoms with Gasteiger partial charge >= 0.3 is 6.09 Å². The molecule has 2 heterocycles. The Kier molecular flexibility index (Phi) is 7.45. The van der Waals surface area contributed by atoms with Crippen LogP contribution in [0.5, 0.6) is 0 Å². The Hall–Kier alpha value is -1.92. The van der Waals surface area contributed by atoms with E-state index in [9.17, 15) is 9.59 Å². The van der Waals surface area contributed by atoms with E-state index < -0.39 is 0 Å². The maximum Gasteiger partial charge on any atom is 0.410 e. The van der Waals surface area contributed by atoms with Crippen LogP contribution in [0, 0.1) is 5.92 Å². The Bertz CT molecular complexity index is 633. The molecule has 2 unspecified atom stereocenters. The summed E-state index contributed by atoms with van der Waals surface area (Å²) in [5, 5.41) is 0. The summed E-state index contributed by atoms with van der Waals surface area (Å²) >= 11 is 0. The van der Waals surface area contributed by atoms with Gasteiger partial charge in [-0.2, -0.15) is 0 Å². The quantitative estimate of drug-likeness (QED) is 0.685. The van der Waals surface area contributed by atoms with Gasteiger partial charge in [-0.15, -0.1) is 0 Å². The molecule has 28 heavy (non-hydrogen) atoms. The number of morpholine rings is 1. The van der Waals surface area contributed by atoms with E-state index in [2.05, 4.69) is 18.7 Å². The molecule has 0 radical (unpaired) electrons. The van der Waals surface area contributed by atoms with E-state index in [1.54, 1.807) is 0 Å². The first-order valence-electron chi connectivity index (χ1n) is 10.4. The fourth-order valence-electron chi connectivity index (χ4n) is 4.28. The number of hydrogen-bond acceptors (Lipinski definition) is 5. The van der Waals surface area contributed by atoms with Crippen LogP contribution in [0.25, 0.3) is 0 Å². The molecule has 2 atom stereocenters. The molecule has 2 aliphatic heterocycles. The first-order valence-corrected chi connectivity index (χ1v) is 10.4. The lowest BCUT2D eigenvalue weighted by Gasteiger charge is -2.47. The normalized spacial score (nSPS) is 24.2. The summed E-state index contributed by atoms with van der Waals surface area (Å²) < 4.78 is 11.2. The van der Waals surface area contributed by atoms with E-state index >= 15 is 0 Å². The highest BCUT2D eigenvalue weighted by Crippen LogP contribution is 2.33. The van der Waals surface area contributed by atoms with Crippen LogP contribution in [0.4, 0.5) is 4.79 Å². The maximum absolute atomic E-state index is 12.8. The summed E-state index contributed by atoms with van der Waals surface area (Å²) in [5.41, 5.74) is 0.971. The lowest BCUT2D eigenvalue weighted by Crippen LogP contribution is -2.60. The van der Waals surface area contributed by atoms with Crippen molar-refractivity contribution in [3.63, 3.8) is 0 Å². The zero-order valence-corrected chi connectivity index (χ0v) is 17.0. The third kappa shape index (κ3) is 5.11. The van der Waals surface area contributed by atoms with E-state index in [-0.39, 0.29) is 30.7 Å². The average molecular weight is 389 g/mol. The summed E-state index contributed by atoms with van der Waals surface area (Å²) in [7, 11) is 0. The number of rotatable bonds is 8. The third-order valence-electron chi connectivity index (χ3n) is 5.96. The van der Waals surface area contributed by atoms with Gasteiger partial charge in [0.15, 0.2) is 0 Å². The van der Waals surface area contributed by atoms with Gasteiger partial charge in [-0.05, 0) is 31.5 Å². The van der Waals surface area contributed by atoms with Gasteiger partial charge in [0.25, 0.3) is 0 Å². The van der Waals surface area contributed by atoms with E-state index in [0.717, 1.165) is 25.2 Å². The molecule has 2 bridgehead atoms. The number of nitrogens with zero attached hydrogens (tertiary/aromatic N) is 2. The molecule has 6 heteroatoms. The monoisotopic (exact) mass is 388 g/mol. The lowest BCUT2D eigenvalue weighted by molar-refractivity contribution is -0.131. The van der Waals surface area contributed by atoms with Gasteiger partial charge in [0.2, 0.25) is 0 Å². The summed E-state index contributed by atoms with van der Waals surface area (Å²) in [6.07, 6.45) is 1.64. The van der Waals surface area contributed by atoms with Crippen LogP contribution in [-0.4, -0.2) is 66.6 Å². The second-order valence-electron chi connectivity index (χ2n) is 7.70. The molecule has 3 rings (SSSR count). The van der Waals surface area contributed by atoms with Crippen LogP contribution in [0.3, 0.4) is 0 Å². The zero-order valence-electron chi connectivity index (χ0n) is 17.0. The number of Topliss-reactive ketones (excluding diaryl/α,β-unsaturated/α-hetero) is 1. The number of fused-ring (bicyclic) bond motifs is 2. The van der Waals surface area contributed by atoms with Crippen molar-refractivity contribution >= 4 is 11.9 Å².